The van der Waals surface area contributed by atoms with Crippen molar-refractivity contribution in [1.29, 1.82) is 0 Å². The van der Waals surface area contributed by atoms with E-state index in [-0.39, 0.29) is 24.4 Å². The zero-order valence-corrected chi connectivity index (χ0v) is 10.1. The number of rotatable bonds is 2. The van der Waals surface area contributed by atoms with Gasteiger partial charge in [-0.2, -0.15) is 5.10 Å². The Hall–Kier alpha value is -1.07. The number of halogens is 1. The molecule has 1 fully saturated rings. The molecule has 0 aromatic carbocycles. The molecule has 1 saturated heterocycles. The average Bonchev–Trinajstić information content (AvgIpc) is 2.75. The number of carbonyl (C=O) groups is 1. The molecule has 0 radical (unpaired) electrons. The predicted octanol–water partition coefficient (Wildman–Crippen LogP) is 0.242. The molecule has 6 heteroatoms. The topological polar surface area (TPSA) is 75.0 Å². The summed E-state index contributed by atoms with van der Waals surface area (Å²) in [7, 11) is 0. The number of nitrogens with two attached hydrogens (primary N) is 1. The summed E-state index contributed by atoms with van der Waals surface area (Å²) in [6, 6.07) is 2.04. The normalized spacial score (nSPS) is 19.6. The molecule has 1 amide bonds. The Balaban J connectivity index is 0.00000128. The Labute approximate surface area is 101 Å². The first-order chi connectivity index (χ1) is 7.15. The molecule has 1 aromatic heterocycles. The van der Waals surface area contributed by atoms with Gasteiger partial charge in [-0.05, 0) is 19.4 Å². The Morgan fingerprint density at radius 2 is 2.50 bits per heavy atom. The molecule has 0 aliphatic carbocycles. The molecule has 1 aromatic rings. The molecule has 3 N–H and O–H groups in total. The lowest BCUT2D eigenvalue weighted by Crippen LogP contribution is -2.32. The lowest BCUT2D eigenvalue weighted by atomic mass is 10.2. The number of hydrogen-bond donors (Lipinski definition) is 2. The van der Waals surface area contributed by atoms with E-state index in [9.17, 15) is 4.79 Å². The Bertz CT molecular complexity index is 365. The number of aromatic amines is 1. The van der Waals surface area contributed by atoms with Gasteiger partial charge in [-0.15, -0.1) is 12.4 Å². The van der Waals surface area contributed by atoms with Crippen molar-refractivity contribution in [3.05, 3.63) is 17.5 Å². The van der Waals surface area contributed by atoms with E-state index in [4.69, 9.17) is 5.73 Å². The van der Waals surface area contributed by atoms with Crippen LogP contribution in [0.4, 0.5) is 0 Å². The minimum absolute atomic E-state index is 0. The van der Waals surface area contributed by atoms with Crippen LogP contribution in [0.5, 0.6) is 0 Å². The van der Waals surface area contributed by atoms with Crippen LogP contribution in [0, 0.1) is 6.92 Å². The van der Waals surface area contributed by atoms with E-state index in [1.807, 2.05) is 17.9 Å². The molecule has 0 bridgehead atoms. The predicted molar refractivity (Wildman–Crippen MR) is 63.4 cm³/mol. The average molecular weight is 245 g/mol. The highest BCUT2D eigenvalue weighted by Crippen LogP contribution is 2.09. The van der Waals surface area contributed by atoms with Crippen LogP contribution in [0.15, 0.2) is 6.07 Å². The molecule has 1 atom stereocenters. The molecule has 2 rings (SSSR count). The lowest BCUT2D eigenvalue weighted by molar-refractivity contribution is -0.129. The van der Waals surface area contributed by atoms with Crippen molar-refractivity contribution in [1.82, 2.24) is 15.1 Å². The van der Waals surface area contributed by atoms with Gasteiger partial charge in [0.15, 0.2) is 0 Å². The monoisotopic (exact) mass is 244 g/mol. The quantitative estimate of drug-likeness (QED) is 0.783. The number of hydrogen-bond acceptors (Lipinski definition) is 3. The van der Waals surface area contributed by atoms with E-state index in [0.29, 0.717) is 13.0 Å². The summed E-state index contributed by atoms with van der Waals surface area (Å²) in [6.07, 6.45) is 1.28. The lowest BCUT2D eigenvalue weighted by Gasteiger charge is -2.14. The van der Waals surface area contributed by atoms with Gasteiger partial charge in [0, 0.05) is 24.8 Å². The van der Waals surface area contributed by atoms with E-state index in [2.05, 4.69) is 10.2 Å². The zero-order valence-electron chi connectivity index (χ0n) is 9.27. The fourth-order valence-corrected chi connectivity index (χ4v) is 1.85. The summed E-state index contributed by atoms with van der Waals surface area (Å²) in [6.45, 7) is 3.39. The van der Waals surface area contributed by atoms with Gasteiger partial charge >= 0.3 is 0 Å². The van der Waals surface area contributed by atoms with Gasteiger partial charge in [-0.3, -0.25) is 9.89 Å². The van der Waals surface area contributed by atoms with Crippen LogP contribution in [-0.4, -0.2) is 40.1 Å². The number of amides is 1. The summed E-state index contributed by atoms with van der Waals surface area (Å²) in [5.41, 5.74) is 7.53. The molecular formula is C10H17ClN4O. The van der Waals surface area contributed by atoms with Crippen molar-refractivity contribution < 1.29 is 4.79 Å². The van der Waals surface area contributed by atoms with Crippen LogP contribution < -0.4 is 5.73 Å². The first-order valence-corrected chi connectivity index (χ1v) is 5.19. The molecule has 0 unspecified atom stereocenters. The number of H-pyrrole nitrogens is 1. The maximum atomic E-state index is 11.8. The largest absolute Gasteiger partial charge is 0.341 e. The molecule has 2 heterocycles. The maximum absolute atomic E-state index is 11.8. The van der Waals surface area contributed by atoms with Crippen molar-refractivity contribution in [2.24, 2.45) is 5.73 Å². The molecule has 16 heavy (non-hydrogen) atoms. The van der Waals surface area contributed by atoms with Crippen molar-refractivity contribution >= 4 is 18.3 Å². The van der Waals surface area contributed by atoms with Crippen LogP contribution in [0.2, 0.25) is 0 Å². The minimum atomic E-state index is 0. The third-order valence-corrected chi connectivity index (χ3v) is 2.67. The third-order valence-electron chi connectivity index (χ3n) is 2.67. The smallest absolute Gasteiger partial charge is 0.228 e. The summed E-state index contributed by atoms with van der Waals surface area (Å²) in [5, 5.41) is 6.87. The Morgan fingerprint density at radius 3 is 3.00 bits per heavy atom. The summed E-state index contributed by atoms with van der Waals surface area (Å²) >= 11 is 0. The van der Waals surface area contributed by atoms with Crippen LogP contribution in [0.1, 0.15) is 17.8 Å². The number of likely N-dealkylation sites (tertiary alicyclic amines) is 1. The molecule has 1 aliphatic rings. The van der Waals surface area contributed by atoms with Gasteiger partial charge in [0.25, 0.3) is 0 Å². The number of nitrogens with one attached hydrogen (secondary N) is 1. The number of nitrogens with zero attached hydrogens (tertiary/aromatic N) is 2. The van der Waals surface area contributed by atoms with Crippen molar-refractivity contribution in [2.75, 3.05) is 13.1 Å². The summed E-state index contributed by atoms with van der Waals surface area (Å²) in [4.78, 5) is 13.6. The van der Waals surface area contributed by atoms with Gasteiger partial charge in [-0.1, -0.05) is 0 Å². The second kappa shape index (κ2) is 5.32. The zero-order chi connectivity index (χ0) is 10.8. The second-order valence-corrected chi connectivity index (χ2v) is 4.11. The van der Waals surface area contributed by atoms with Gasteiger partial charge in [-0.25, -0.2) is 0 Å². The molecule has 0 saturated carbocycles. The fraction of sp³-hybridized carbons (Fsp3) is 0.600. The van der Waals surface area contributed by atoms with Crippen LogP contribution in [0.25, 0.3) is 0 Å². The van der Waals surface area contributed by atoms with E-state index >= 15 is 0 Å². The number of aryl methyl sites for hydroxylation is 1. The van der Waals surface area contributed by atoms with Crippen LogP contribution in [-0.2, 0) is 11.2 Å². The Morgan fingerprint density at radius 1 is 1.75 bits per heavy atom. The Kier molecular flexibility index (Phi) is 4.32. The fourth-order valence-electron chi connectivity index (χ4n) is 1.85. The van der Waals surface area contributed by atoms with Crippen LogP contribution in [0.3, 0.4) is 0 Å². The molecule has 1 aliphatic heterocycles. The van der Waals surface area contributed by atoms with Gasteiger partial charge in [0.1, 0.15) is 0 Å². The third kappa shape index (κ3) is 2.96. The first-order valence-electron chi connectivity index (χ1n) is 5.19. The van der Waals surface area contributed by atoms with Crippen LogP contribution >= 0.6 is 12.4 Å². The van der Waals surface area contributed by atoms with E-state index in [0.717, 1.165) is 24.4 Å². The van der Waals surface area contributed by atoms with E-state index < -0.39 is 0 Å². The van der Waals surface area contributed by atoms with Crippen molar-refractivity contribution in [3.8, 4) is 0 Å². The highest BCUT2D eigenvalue weighted by Gasteiger charge is 2.23. The first kappa shape index (κ1) is 13.0. The number of carbonyl (C=O) groups excluding carboxylic acids is 1. The molecule has 90 valence electrons. The van der Waals surface area contributed by atoms with Crippen molar-refractivity contribution in [2.45, 2.75) is 25.8 Å². The van der Waals surface area contributed by atoms with Gasteiger partial charge in [0.05, 0.1) is 12.1 Å². The van der Waals surface area contributed by atoms with Gasteiger partial charge < -0.3 is 10.6 Å². The summed E-state index contributed by atoms with van der Waals surface area (Å²) < 4.78 is 0. The molecule has 0 spiro atoms. The summed E-state index contributed by atoms with van der Waals surface area (Å²) in [5.74, 6) is 0.120. The minimum Gasteiger partial charge on any atom is -0.341 e. The highest BCUT2D eigenvalue weighted by molar-refractivity contribution is 5.85. The number of aromatic nitrogens is 2. The standard InChI is InChI=1S/C10H16N4O.ClH/c1-7-4-9(13-12-7)5-10(15)14-3-2-8(11)6-14;/h4,8H,2-3,5-6,11H2,1H3,(H,12,13);1H/t8-;/m1./s1. The van der Waals surface area contributed by atoms with Crippen molar-refractivity contribution in [3.63, 3.8) is 0 Å². The van der Waals surface area contributed by atoms with E-state index in [1.165, 1.54) is 0 Å². The SMILES string of the molecule is Cc1cc(CC(=O)N2CC[C@@H](N)C2)n[nH]1.Cl. The van der Waals surface area contributed by atoms with E-state index in [1.54, 1.807) is 0 Å². The van der Waals surface area contributed by atoms with Gasteiger partial charge in [0.2, 0.25) is 5.91 Å². The molecular weight excluding hydrogens is 228 g/mol. The molecule has 5 nitrogen and oxygen atoms in total. The highest BCUT2D eigenvalue weighted by atomic mass is 35.5. The maximum Gasteiger partial charge on any atom is 0.228 e. The second-order valence-electron chi connectivity index (χ2n) is 4.11.